The highest BCUT2D eigenvalue weighted by Gasteiger charge is 2.30. The number of rotatable bonds is 7. The molecule has 6 aromatic heterocycles. The van der Waals surface area contributed by atoms with Crippen molar-refractivity contribution in [2.45, 2.75) is 0 Å². The Morgan fingerprint density at radius 1 is 0.164 bits per heavy atom. The van der Waals surface area contributed by atoms with Gasteiger partial charge < -0.3 is 27.4 Å². The van der Waals surface area contributed by atoms with Gasteiger partial charge in [-0.25, -0.2) is 0 Å². The van der Waals surface area contributed by atoms with Crippen molar-refractivity contribution in [2.75, 3.05) is 0 Å². The third-order valence-electron chi connectivity index (χ3n) is 26.3. The molecule has 26 rings (SSSR count). The predicted octanol–water partition coefficient (Wildman–Crippen LogP) is 28.3. The Bertz CT molecular complexity index is 9440. The minimum Gasteiger partial charge on any atom is -0.309 e. The molecule has 0 aliphatic heterocycles. The van der Waals surface area contributed by atoms with Crippen LogP contribution in [-0.4, -0.2) is 27.4 Å². The van der Waals surface area contributed by atoms with Crippen molar-refractivity contribution < 1.29 is 0 Å². The fourth-order valence-corrected chi connectivity index (χ4v) is 21.3. The second kappa shape index (κ2) is 25.1. The molecule has 558 valence electrons. The molecule has 0 radical (unpaired) electrons. The predicted molar refractivity (Wildman–Crippen MR) is 502 cm³/mol. The highest BCUT2D eigenvalue weighted by molar-refractivity contribution is 6.35. The minimum atomic E-state index is 0.271. The lowest BCUT2D eigenvalue weighted by atomic mass is 9.96. The summed E-state index contributed by atoms with van der Waals surface area (Å²) in [4.78, 5) is 0. The summed E-state index contributed by atoms with van der Waals surface area (Å²) in [6, 6.07) is 140. The molecule has 122 heavy (non-hydrogen) atoms. The smallest absolute Gasteiger partial charge is 0.103 e. The van der Waals surface area contributed by atoms with E-state index in [0.717, 1.165) is 207 Å². The number of nitriles is 4. The van der Waals surface area contributed by atoms with E-state index in [-0.39, 0.29) is 22.3 Å². The van der Waals surface area contributed by atoms with Gasteiger partial charge in [0, 0.05) is 86.8 Å². The van der Waals surface area contributed by atoms with Gasteiger partial charge in [-0.2, -0.15) is 21.0 Å². The zero-order valence-electron chi connectivity index (χ0n) is 65.1. The molecule has 0 saturated carbocycles. The average Bonchev–Trinajstić information content (AvgIpc) is 1.54. The van der Waals surface area contributed by atoms with Gasteiger partial charge in [-0.3, -0.25) is 0 Å². The number of para-hydroxylation sites is 4. The van der Waals surface area contributed by atoms with E-state index in [1.165, 1.54) is 10.8 Å². The highest BCUT2D eigenvalue weighted by Crippen LogP contribution is 2.50. The number of aromatic nitrogens is 6. The van der Waals surface area contributed by atoms with Crippen LogP contribution in [0.15, 0.2) is 364 Å². The van der Waals surface area contributed by atoms with Crippen molar-refractivity contribution in [1.82, 2.24) is 27.4 Å². The van der Waals surface area contributed by atoms with Crippen molar-refractivity contribution in [1.29, 1.82) is 21.0 Å². The van der Waals surface area contributed by atoms with Crippen LogP contribution < -0.4 is 0 Å². The highest BCUT2D eigenvalue weighted by atomic mass is 15.0. The summed E-state index contributed by atoms with van der Waals surface area (Å²) in [6.45, 7) is 0. The van der Waals surface area contributed by atoms with Crippen molar-refractivity contribution in [2.24, 2.45) is 0 Å². The Labute approximate surface area is 695 Å². The van der Waals surface area contributed by atoms with Gasteiger partial charge in [0.25, 0.3) is 0 Å². The normalized spacial score (nSPS) is 12.1. The minimum absolute atomic E-state index is 0.271. The quantitative estimate of drug-likeness (QED) is 0.147. The maximum atomic E-state index is 12.0. The molecule has 0 aliphatic carbocycles. The third kappa shape index (κ3) is 8.94. The van der Waals surface area contributed by atoms with Gasteiger partial charge in [0.05, 0.1) is 111 Å². The lowest BCUT2D eigenvalue weighted by molar-refractivity contribution is 1.12. The first kappa shape index (κ1) is 66.9. The molecule has 0 bridgehead atoms. The largest absolute Gasteiger partial charge is 0.309 e. The van der Waals surface area contributed by atoms with Crippen LogP contribution in [0.5, 0.6) is 0 Å². The zero-order chi connectivity index (χ0) is 80.4. The van der Waals surface area contributed by atoms with E-state index in [1.54, 1.807) is 0 Å². The van der Waals surface area contributed by atoms with Gasteiger partial charge in [-0.05, 0) is 180 Å². The molecular formula is C112H60N10. The average molecular weight is 1550 g/mol. The maximum Gasteiger partial charge on any atom is 0.103 e. The van der Waals surface area contributed by atoms with Gasteiger partial charge in [-0.15, -0.1) is 0 Å². The van der Waals surface area contributed by atoms with E-state index in [2.05, 4.69) is 404 Å². The van der Waals surface area contributed by atoms with E-state index < -0.39 is 0 Å². The summed E-state index contributed by atoms with van der Waals surface area (Å²) in [5.74, 6) is 0. The summed E-state index contributed by atoms with van der Waals surface area (Å²) < 4.78 is 13.6. The molecular weight excluding hydrogens is 1490 g/mol. The number of hydrogen-bond donors (Lipinski definition) is 0. The first-order valence-corrected chi connectivity index (χ1v) is 41.0. The summed E-state index contributed by atoms with van der Waals surface area (Å²) in [5, 5.41) is 73.5. The van der Waals surface area contributed by atoms with E-state index >= 15 is 0 Å². The Hall–Kier alpha value is -17.3. The molecule has 10 heteroatoms. The molecule has 26 aromatic rings. The molecule has 0 spiro atoms. The number of fused-ring (bicyclic) bond motifs is 32. The molecule has 0 fully saturated rings. The Morgan fingerprint density at radius 2 is 0.459 bits per heavy atom. The molecule has 6 heterocycles. The summed E-state index contributed by atoms with van der Waals surface area (Å²) in [5.41, 5.74) is 19.2. The topological polar surface area (TPSA) is 125 Å². The van der Waals surface area contributed by atoms with Crippen LogP contribution in [0, 0.1) is 45.3 Å². The SMILES string of the molecule is N#Cc1c(-n2c3ccc(-n4c5ccccc5c5ccccc54)cc3c3c4ccccc4ccc32)ccc(-n2c3ccc(-n4c5ccccc5c5cc(-c6ccc7c8c9ccccc9c9ccccc9c8n(-c8ccc(-n9c%10ccccc%10c%10c%11ccccc%11c%11ccccc%11c%109)c(C#N)c8C#N)c7c6)ccc54)cc3c3c4ccccc4ccc32)c1C#N. The van der Waals surface area contributed by atoms with E-state index in [1.807, 2.05) is 12.1 Å². The van der Waals surface area contributed by atoms with Crippen molar-refractivity contribution in [3.05, 3.63) is 386 Å². The van der Waals surface area contributed by atoms with E-state index in [9.17, 15) is 21.0 Å². The Balaban J connectivity index is 0.646. The van der Waals surface area contributed by atoms with Crippen molar-refractivity contribution in [3.8, 4) is 69.5 Å². The second-order valence-corrected chi connectivity index (χ2v) is 32.1. The Morgan fingerprint density at radius 3 is 0.902 bits per heavy atom. The summed E-state index contributed by atoms with van der Waals surface area (Å²) >= 11 is 0. The molecule has 0 atom stereocenters. The van der Waals surface area contributed by atoms with Gasteiger partial charge in [0.2, 0.25) is 0 Å². The van der Waals surface area contributed by atoms with Crippen LogP contribution in [-0.2, 0) is 0 Å². The van der Waals surface area contributed by atoms with Crippen LogP contribution in [0.1, 0.15) is 22.3 Å². The Kier molecular flexibility index (Phi) is 13.8. The molecule has 0 saturated heterocycles. The molecule has 10 nitrogen and oxygen atoms in total. The third-order valence-corrected chi connectivity index (χ3v) is 26.3. The fraction of sp³-hybridized carbons (Fsp3) is 0. The van der Waals surface area contributed by atoms with Crippen molar-refractivity contribution in [3.63, 3.8) is 0 Å². The second-order valence-electron chi connectivity index (χ2n) is 32.1. The van der Waals surface area contributed by atoms with Gasteiger partial charge >= 0.3 is 0 Å². The van der Waals surface area contributed by atoms with Crippen molar-refractivity contribution >= 4 is 195 Å². The van der Waals surface area contributed by atoms with E-state index in [4.69, 9.17) is 0 Å². The van der Waals surface area contributed by atoms with Crippen LogP contribution in [0.2, 0.25) is 0 Å². The lowest BCUT2D eigenvalue weighted by Crippen LogP contribution is -2.05. The molecule has 0 aliphatic rings. The summed E-state index contributed by atoms with van der Waals surface area (Å²) in [7, 11) is 0. The standard InChI is InChI=1S/C112H60N10/c113-61-89-90(62-114)101(54-53-100(89)119-98-51-45-69(59-87(98)107-71-23-3-1-21-65(71)42-49-104(107)119)117-93-37-17-13-29-77(93)78-30-14-18-38-94(78)117)120-99-52-46-70(60-88(99)108-72-24-4-2-22-66(72)43-50-105(108)120)118-95-39-19-15-31-79(95)86-57-67(44-48-97(86)118)68-41-47-85-106(58-68)122(112-83-35-12-8-28-76(83)74-26-6-10-33-81(74)110(85)112)103-56-55-102(91(63-115)92(103)64-116)121-96-40-20-16-36-84(96)109-80-32-9-5-25-73(80)75-27-7-11-34-82(75)111(109)121/h1-60H. The van der Waals surface area contributed by atoms with Crippen LogP contribution >= 0.6 is 0 Å². The van der Waals surface area contributed by atoms with Crippen LogP contribution in [0.3, 0.4) is 0 Å². The molecule has 0 unspecified atom stereocenters. The monoisotopic (exact) mass is 1540 g/mol. The molecule has 20 aromatic carbocycles. The lowest BCUT2D eigenvalue weighted by Gasteiger charge is -2.18. The van der Waals surface area contributed by atoms with Gasteiger partial charge in [-0.1, -0.05) is 249 Å². The molecule has 0 N–H and O–H groups in total. The first-order valence-electron chi connectivity index (χ1n) is 41.0. The summed E-state index contributed by atoms with van der Waals surface area (Å²) in [6.07, 6.45) is 0. The fourth-order valence-electron chi connectivity index (χ4n) is 21.3. The molecule has 0 amide bonds. The van der Waals surface area contributed by atoms with Gasteiger partial charge in [0.1, 0.15) is 24.3 Å². The van der Waals surface area contributed by atoms with Gasteiger partial charge in [0.15, 0.2) is 0 Å². The van der Waals surface area contributed by atoms with Crippen LogP contribution in [0.25, 0.3) is 241 Å². The number of nitrogens with zero attached hydrogens (tertiary/aromatic N) is 10. The number of hydrogen-bond acceptors (Lipinski definition) is 4. The van der Waals surface area contributed by atoms with E-state index in [0.29, 0.717) is 22.7 Å². The van der Waals surface area contributed by atoms with Crippen LogP contribution in [0.4, 0.5) is 0 Å². The first-order chi connectivity index (χ1) is 60.4. The maximum absolute atomic E-state index is 12.0. The number of benzene rings is 20. The zero-order valence-corrected chi connectivity index (χ0v) is 65.1.